The molecule has 0 bridgehead atoms. The van der Waals surface area contributed by atoms with Crippen molar-refractivity contribution < 1.29 is 25.9 Å². The summed E-state index contributed by atoms with van der Waals surface area (Å²) in [7, 11) is 0. The summed E-state index contributed by atoms with van der Waals surface area (Å²) >= 11 is 0. The second-order valence-electron chi connectivity index (χ2n) is 5.12. The van der Waals surface area contributed by atoms with E-state index in [0.717, 1.165) is 17.5 Å². The Bertz CT molecular complexity index is 673. The van der Waals surface area contributed by atoms with E-state index in [1.54, 1.807) is 18.2 Å². The van der Waals surface area contributed by atoms with Gasteiger partial charge in [-0.1, -0.05) is 6.07 Å². The Morgan fingerprint density at radius 3 is 2.57 bits per heavy atom. The van der Waals surface area contributed by atoms with Crippen molar-refractivity contribution in [2.75, 3.05) is 6.54 Å². The molecule has 0 saturated heterocycles. The van der Waals surface area contributed by atoms with Crippen molar-refractivity contribution in [3.8, 4) is 11.5 Å². The lowest BCUT2D eigenvalue weighted by atomic mass is 9.89. The molecule has 1 heterocycles. The number of phenolic OH excluding ortho intramolecular Hbond substituents is 2. The Morgan fingerprint density at radius 2 is 1.81 bits per heavy atom. The van der Waals surface area contributed by atoms with Crippen LogP contribution in [0.1, 0.15) is 22.7 Å². The largest absolute Gasteiger partial charge is 0.508 e. The molecule has 3 rings (SSSR count). The number of hydrogen-bond acceptors (Lipinski definition) is 5. The molecule has 0 unspecified atom stereocenters. The first-order valence-corrected chi connectivity index (χ1v) is 6.69. The van der Waals surface area contributed by atoms with Gasteiger partial charge in [0.1, 0.15) is 11.5 Å². The van der Waals surface area contributed by atoms with E-state index in [9.17, 15) is 20.6 Å². The van der Waals surface area contributed by atoms with Crippen LogP contribution in [-0.4, -0.2) is 27.2 Å². The van der Waals surface area contributed by atoms with Crippen molar-refractivity contribution in [3.05, 3.63) is 53.1 Å². The van der Waals surface area contributed by atoms with Gasteiger partial charge in [-0.15, -0.1) is 0 Å². The molecular formula is C15H17N2O4+. The van der Waals surface area contributed by atoms with Crippen molar-refractivity contribution in [3.63, 3.8) is 0 Å². The highest BCUT2D eigenvalue weighted by molar-refractivity contribution is 5.50. The molecular weight excluding hydrogens is 272 g/mol. The molecule has 2 aromatic carbocycles. The van der Waals surface area contributed by atoms with Gasteiger partial charge < -0.3 is 15.5 Å². The molecule has 2 aromatic rings. The third-order valence-corrected chi connectivity index (χ3v) is 3.78. The van der Waals surface area contributed by atoms with Gasteiger partial charge in [-0.2, -0.15) is 10.4 Å². The molecule has 6 nitrogen and oxygen atoms in total. The lowest BCUT2D eigenvalue weighted by Gasteiger charge is -2.28. The number of rotatable bonds is 2. The summed E-state index contributed by atoms with van der Waals surface area (Å²) in [5, 5.41) is 40.6. The standard InChI is InChI=1S/C15H16N2O4/c18-11-2-3-12-9(7-11)5-6-16-15(12)13-8-10(17(20)21)1-4-14(13)19/h1-4,7-8,15-16,18-21H,5-6H2/p+1/t15-/m1/s1. The first-order valence-electron chi connectivity index (χ1n) is 6.69. The lowest BCUT2D eigenvalue weighted by molar-refractivity contribution is -1.19. The van der Waals surface area contributed by atoms with Gasteiger partial charge in [0.25, 0.3) is 0 Å². The van der Waals surface area contributed by atoms with Gasteiger partial charge in [0.2, 0.25) is 0 Å². The molecule has 0 spiro atoms. The Labute approximate surface area is 121 Å². The van der Waals surface area contributed by atoms with Crippen molar-refractivity contribution in [1.29, 1.82) is 0 Å². The second kappa shape index (κ2) is 5.34. The summed E-state index contributed by atoms with van der Waals surface area (Å²) in [6.07, 6.45) is 0.790. The zero-order valence-corrected chi connectivity index (χ0v) is 11.2. The number of hydrogen-bond donors (Lipinski definition) is 6. The number of aromatic hydroxyl groups is 2. The maximum Gasteiger partial charge on any atom is 0.197 e. The summed E-state index contributed by atoms with van der Waals surface area (Å²) in [6.45, 7) is 0.708. The molecule has 0 aromatic heterocycles. The molecule has 1 atom stereocenters. The number of nitrogens with one attached hydrogen (secondary N) is 2. The number of benzene rings is 2. The van der Waals surface area contributed by atoms with Crippen molar-refractivity contribution in [2.45, 2.75) is 12.5 Å². The van der Waals surface area contributed by atoms with Crippen LogP contribution in [0.15, 0.2) is 36.4 Å². The highest BCUT2D eigenvalue weighted by atomic mass is 16.8. The molecule has 110 valence electrons. The van der Waals surface area contributed by atoms with E-state index in [4.69, 9.17) is 0 Å². The van der Waals surface area contributed by atoms with Crippen LogP contribution in [0.2, 0.25) is 0 Å². The Morgan fingerprint density at radius 1 is 1.00 bits per heavy atom. The SMILES string of the molecule is Oc1ccc2c(c1)CCN[C@H]2c1cc([NH+](O)O)ccc1O. The van der Waals surface area contributed by atoms with Crippen molar-refractivity contribution >= 4 is 5.69 Å². The molecule has 1 aliphatic heterocycles. The maximum absolute atomic E-state index is 10.1. The van der Waals surface area contributed by atoms with Gasteiger partial charge in [0.15, 0.2) is 5.69 Å². The number of quaternary nitrogens is 1. The van der Waals surface area contributed by atoms with E-state index < -0.39 is 5.23 Å². The summed E-state index contributed by atoms with van der Waals surface area (Å²) in [5.41, 5.74) is 2.79. The van der Waals surface area contributed by atoms with Crippen molar-refractivity contribution in [2.24, 2.45) is 0 Å². The van der Waals surface area contributed by atoms with Crippen molar-refractivity contribution in [1.82, 2.24) is 5.32 Å². The van der Waals surface area contributed by atoms with Crippen LogP contribution in [-0.2, 0) is 6.42 Å². The third kappa shape index (κ3) is 2.57. The molecule has 0 aliphatic carbocycles. The Kier molecular flexibility index (Phi) is 3.52. The Hall–Kier alpha value is -2.12. The highest BCUT2D eigenvalue weighted by Crippen LogP contribution is 2.35. The van der Waals surface area contributed by atoms with Gasteiger partial charge in [-0.25, -0.2) is 0 Å². The summed E-state index contributed by atoms with van der Waals surface area (Å²) < 4.78 is 0. The van der Waals surface area contributed by atoms with E-state index in [0.29, 0.717) is 12.1 Å². The second-order valence-corrected chi connectivity index (χ2v) is 5.12. The molecule has 1 aliphatic rings. The van der Waals surface area contributed by atoms with Gasteiger partial charge in [0, 0.05) is 24.2 Å². The first kappa shape index (κ1) is 13.8. The normalized spacial score (nSPS) is 17.8. The van der Waals surface area contributed by atoms with Crippen LogP contribution in [0, 0.1) is 0 Å². The van der Waals surface area contributed by atoms with Crippen LogP contribution in [0.3, 0.4) is 0 Å². The molecule has 6 heteroatoms. The minimum Gasteiger partial charge on any atom is -0.508 e. The highest BCUT2D eigenvalue weighted by Gasteiger charge is 2.25. The van der Waals surface area contributed by atoms with E-state index in [1.807, 2.05) is 6.07 Å². The average Bonchev–Trinajstić information content (AvgIpc) is 2.46. The minimum atomic E-state index is -0.780. The number of fused-ring (bicyclic) bond motifs is 1. The molecule has 21 heavy (non-hydrogen) atoms. The maximum atomic E-state index is 10.1. The third-order valence-electron chi connectivity index (χ3n) is 3.78. The van der Waals surface area contributed by atoms with Gasteiger partial charge in [0.05, 0.1) is 6.04 Å². The van der Waals surface area contributed by atoms with Gasteiger partial charge >= 0.3 is 0 Å². The lowest BCUT2D eigenvalue weighted by Crippen LogP contribution is -3.01. The minimum absolute atomic E-state index is 0.0819. The predicted molar refractivity (Wildman–Crippen MR) is 74.0 cm³/mol. The van der Waals surface area contributed by atoms with E-state index in [1.165, 1.54) is 12.1 Å². The molecule has 0 amide bonds. The fourth-order valence-corrected chi connectivity index (χ4v) is 2.75. The summed E-state index contributed by atoms with van der Waals surface area (Å²) in [4.78, 5) is 0. The summed E-state index contributed by atoms with van der Waals surface area (Å²) in [5.74, 6) is 0.298. The van der Waals surface area contributed by atoms with E-state index in [-0.39, 0.29) is 23.2 Å². The predicted octanol–water partition coefficient (Wildman–Crippen LogP) is 0.628. The smallest absolute Gasteiger partial charge is 0.197 e. The Balaban J connectivity index is 2.08. The van der Waals surface area contributed by atoms with Crippen LogP contribution in [0.4, 0.5) is 5.69 Å². The molecule has 0 radical (unpaired) electrons. The number of phenols is 2. The topological polar surface area (TPSA) is 97.4 Å². The van der Waals surface area contributed by atoms with E-state index in [2.05, 4.69) is 5.32 Å². The monoisotopic (exact) mass is 289 g/mol. The van der Waals surface area contributed by atoms with Gasteiger partial charge in [-0.05, 0) is 41.0 Å². The van der Waals surface area contributed by atoms with Crippen LogP contribution in [0.25, 0.3) is 0 Å². The van der Waals surface area contributed by atoms with Crippen LogP contribution in [0.5, 0.6) is 11.5 Å². The fourth-order valence-electron chi connectivity index (χ4n) is 2.75. The molecule has 6 N–H and O–H groups in total. The zero-order chi connectivity index (χ0) is 15.0. The molecule has 0 saturated carbocycles. The van der Waals surface area contributed by atoms with Crippen LogP contribution < -0.4 is 10.5 Å². The van der Waals surface area contributed by atoms with Crippen LogP contribution >= 0.6 is 0 Å². The fraction of sp³-hybridized carbons (Fsp3) is 0.200. The quantitative estimate of drug-likeness (QED) is 0.360. The average molecular weight is 289 g/mol. The first-order chi connectivity index (χ1) is 10.1. The molecule has 0 fully saturated rings. The zero-order valence-electron chi connectivity index (χ0n) is 11.2. The van der Waals surface area contributed by atoms with E-state index >= 15 is 0 Å². The summed E-state index contributed by atoms with van der Waals surface area (Å²) in [6, 6.07) is 9.31. The van der Waals surface area contributed by atoms with Gasteiger partial charge in [-0.3, -0.25) is 0 Å².